The van der Waals surface area contributed by atoms with E-state index in [0.717, 1.165) is 29.8 Å². The van der Waals surface area contributed by atoms with Crippen molar-refractivity contribution in [2.75, 3.05) is 24.5 Å². The number of aromatic carboxylic acids is 1. The van der Waals surface area contributed by atoms with Crippen LogP contribution in [0.15, 0.2) is 60.8 Å². The van der Waals surface area contributed by atoms with E-state index >= 15 is 0 Å². The Morgan fingerprint density at radius 3 is 2.50 bits per heavy atom. The number of alkyl halides is 1. The van der Waals surface area contributed by atoms with Gasteiger partial charge >= 0.3 is 12.1 Å². The number of rotatable bonds is 6. The average Bonchev–Trinajstić information content (AvgIpc) is 3.21. The fraction of sp³-hybridized carbons (Fsp3) is 0.296. The second kappa shape index (κ2) is 9.87. The Morgan fingerprint density at radius 1 is 1.11 bits per heavy atom. The summed E-state index contributed by atoms with van der Waals surface area (Å²) in [6, 6.07) is 15.5. The van der Waals surface area contributed by atoms with Gasteiger partial charge in [0.1, 0.15) is 17.4 Å². The third-order valence-corrected chi connectivity index (χ3v) is 7.14. The van der Waals surface area contributed by atoms with Crippen molar-refractivity contribution < 1.29 is 23.8 Å². The molecule has 0 unspecified atom stereocenters. The second-order valence-corrected chi connectivity index (χ2v) is 9.65. The van der Waals surface area contributed by atoms with Gasteiger partial charge < -0.3 is 9.84 Å². The van der Waals surface area contributed by atoms with Crippen LogP contribution in [-0.4, -0.2) is 52.3 Å². The zero-order chi connectivity index (χ0) is 25.3. The van der Waals surface area contributed by atoms with Crippen LogP contribution in [0, 0.1) is 0 Å². The normalized spacial score (nSPS) is 17.4. The predicted octanol–water partition coefficient (Wildman–Crippen LogP) is 5.56. The molecule has 0 atom stereocenters. The van der Waals surface area contributed by atoms with Crippen LogP contribution in [0.3, 0.4) is 0 Å². The molecule has 0 bridgehead atoms. The van der Waals surface area contributed by atoms with Crippen molar-refractivity contribution in [3.63, 3.8) is 0 Å². The van der Waals surface area contributed by atoms with Gasteiger partial charge in [0.05, 0.1) is 12.1 Å². The molecular formula is C27H25ClFN3O4. The first-order valence-corrected chi connectivity index (χ1v) is 12.1. The third kappa shape index (κ3) is 4.92. The molecule has 186 valence electrons. The van der Waals surface area contributed by atoms with Crippen molar-refractivity contribution in [3.05, 3.63) is 82.6 Å². The number of carbonyl (C=O) groups is 2. The molecule has 2 aliphatic heterocycles. The van der Waals surface area contributed by atoms with Crippen LogP contribution >= 0.6 is 11.6 Å². The van der Waals surface area contributed by atoms with Gasteiger partial charge in [-0.2, -0.15) is 0 Å². The highest BCUT2D eigenvalue weighted by Gasteiger charge is 2.47. The van der Waals surface area contributed by atoms with Gasteiger partial charge in [-0.15, -0.1) is 0 Å². The van der Waals surface area contributed by atoms with E-state index < -0.39 is 24.3 Å². The minimum absolute atomic E-state index is 0.167. The van der Waals surface area contributed by atoms with Crippen LogP contribution < -0.4 is 4.90 Å². The number of ether oxygens (including phenoxy) is 1. The molecule has 2 aliphatic rings. The maximum absolute atomic E-state index is 13.4. The van der Waals surface area contributed by atoms with Crippen molar-refractivity contribution >= 4 is 29.4 Å². The summed E-state index contributed by atoms with van der Waals surface area (Å²) in [5.74, 6) is -1.01. The van der Waals surface area contributed by atoms with Crippen LogP contribution in [0.25, 0.3) is 11.1 Å². The topological polar surface area (TPSA) is 83.0 Å². The van der Waals surface area contributed by atoms with E-state index in [1.54, 1.807) is 35.4 Å². The highest BCUT2D eigenvalue weighted by molar-refractivity contribution is 6.29. The molecule has 3 aromatic rings. The summed E-state index contributed by atoms with van der Waals surface area (Å²) in [5.41, 5.74) is 3.74. The Morgan fingerprint density at radius 2 is 1.86 bits per heavy atom. The number of pyridine rings is 1. The monoisotopic (exact) mass is 509 g/mol. The molecule has 0 radical (unpaired) electrons. The minimum Gasteiger partial charge on any atom is -0.478 e. The molecule has 5 rings (SSSR count). The van der Waals surface area contributed by atoms with Gasteiger partial charge in [0.25, 0.3) is 0 Å². The first-order valence-electron chi connectivity index (χ1n) is 11.7. The molecule has 7 nitrogen and oxygen atoms in total. The summed E-state index contributed by atoms with van der Waals surface area (Å²) in [6.07, 6.45) is 2.64. The average molecular weight is 510 g/mol. The molecule has 3 heterocycles. The number of carboxylic acids is 1. The number of likely N-dealkylation sites (tertiary alicyclic amines) is 1. The Balaban J connectivity index is 1.28. The number of carboxylic acid groups (broad SMARTS) is 1. The number of halogens is 2. The molecule has 0 aliphatic carbocycles. The Bertz CT molecular complexity index is 1280. The quantitative estimate of drug-likeness (QED) is 0.438. The van der Waals surface area contributed by atoms with E-state index in [4.69, 9.17) is 21.4 Å². The fourth-order valence-electron chi connectivity index (χ4n) is 4.90. The molecule has 36 heavy (non-hydrogen) atoms. The first kappa shape index (κ1) is 24.2. The number of benzene rings is 2. The zero-order valence-corrected chi connectivity index (χ0v) is 20.2. The number of hydrogen-bond acceptors (Lipinski definition) is 5. The third-order valence-electron chi connectivity index (χ3n) is 6.92. The molecule has 9 heteroatoms. The van der Waals surface area contributed by atoms with Crippen LogP contribution in [0.5, 0.6) is 0 Å². The highest BCUT2D eigenvalue weighted by atomic mass is 35.5. The highest BCUT2D eigenvalue weighted by Crippen LogP contribution is 2.37. The first-order chi connectivity index (χ1) is 17.4. The SMILES string of the molecule is O=C(O)c1ccc(N2CC3(CCN(Cc4cc(CF)ccc4-c4ccc(Cl)nc4)CC3)OC2=O)cc1. The number of piperidine rings is 1. The van der Waals surface area contributed by atoms with E-state index in [1.165, 1.54) is 12.1 Å². The van der Waals surface area contributed by atoms with E-state index in [1.807, 2.05) is 18.2 Å². The molecule has 2 saturated heterocycles. The molecule has 1 aromatic heterocycles. The summed E-state index contributed by atoms with van der Waals surface area (Å²) in [6.45, 7) is 1.96. The van der Waals surface area contributed by atoms with Gasteiger partial charge in [0.2, 0.25) is 0 Å². The Labute approximate surface area is 213 Å². The Kier molecular flexibility index (Phi) is 6.64. The molecule has 2 fully saturated rings. The number of anilines is 1. The summed E-state index contributed by atoms with van der Waals surface area (Å²) >= 11 is 5.95. The van der Waals surface area contributed by atoms with Gasteiger partial charge in [0.15, 0.2) is 0 Å². The van der Waals surface area contributed by atoms with E-state index in [9.17, 15) is 14.0 Å². The lowest BCUT2D eigenvalue weighted by molar-refractivity contribution is -0.000948. The predicted molar refractivity (Wildman–Crippen MR) is 134 cm³/mol. The van der Waals surface area contributed by atoms with Crippen molar-refractivity contribution in [1.29, 1.82) is 0 Å². The summed E-state index contributed by atoms with van der Waals surface area (Å²) in [7, 11) is 0. The molecule has 1 spiro atoms. The number of amides is 1. The molecule has 1 N–H and O–H groups in total. The van der Waals surface area contributed by atoms with Gasteiger partial charge in [0, 0.05) is 49.9 Å². The van der Waals surface area contributed by atoms with Crippen molar-refractivity contribution in [2.45, 2.75) is 31.7 Å². The van der Waals surface area contributed by atoms with Crippen molar-refractivity contribution in [2.24, 2.45) is 0 Å². The largest absolute Gasteiger partial charge is 0.478 e. The molecule has 1 amide bonds. The zero-order valence-electron chi connectivity index (χ0n) is 19.5. The molecule has 0 saturated carbocycles. The lowest BCUT2D eigenvalue weighted by atomic mass is 9.90. The Hall–Kier alpha value is -3.49. The van der Waals surface area contributed by atoms with E-state index in [-0.39, 0.29) is 5.56 Å². The fourth-order valence-corrected chi connectivity index (χ4v) is 5.02. The van der Waals surface area contributed by atoms with Crippen LogP contribution in [0.2, 0.25) is 5.15 Å². The maximum atomic E-state index is 13.4. The standard InChI is InChI=1S/C27H25ClFN3O4/c28-24-8-4-20(15-30-24)23-7-1-18(14-29)13-21(23)16-31-11-9-27(10-12-31)17-32(26(35)36-27)22-5-2-19(3-6-22)25(33)34/h1-8,13,15H,9-12,14,16-17H2,(H,33,34). The number of carbonyl (C=O) groups excluding carboxylic acids is 1. The number of nitrogens with zero attached hydrogens (tertiary/aromatic N) is 3. The molecule has 2 aromatic carbocycles. The van der Waals surface area contributed by atoms with Gasteiger partial charge in [-0.1, -0.05) is 29.8 Å². The maximum Gasteiger partial charge on any atom is 0.415 e. The van der Waals surface area contributed by atoms with E-state index in [2.05, 4.69) is 9.88 Å². The summed E-state index contributed by atoms with van der Waals surface area (Å²) in [4.78, 5) is 31.8. The summed E-state index contributed by atoms with van der Waals surface area (Å²) in [5, 5.41) is 9.52. The van der Waals surface area contributed by atoms with E-state index in [0.29, 0.717) is 42.3 Å². The van der Waals surface area contributed by atoms with Crippen LogP contribution in [-0.2, 0) is 18.0 Å². The second-order valence-electron chi connectivity index (χ2n) is 9.26. The lowest BCUT2D eigenvalue weighted by Gasteiger charge is -2.37. The minimum atomic E-state index is -1.01. The van der Waals surface area contributed by atoms with Crippen LogP contribution in [0.1, 0.15) is 34.3 Å². The van der Waals surface area contributed by atoms with Gasteiger partial charge in [-0.3, -0.25) is 9.80 Å². The number of hydrogen-bond donors (Lipinski definition) is 1. The number of aromatic nitrogens is 1. The van der Waals surface area contributed by atoms with Crippen LogP contribution in [0.4, 0.5) is 14.9 Å². The van der Waals surface area contributed by atoms with Crippen molar-refractivity contribution in [3.8, 4) is 11.1 Å². The lowest BCUT2D eigenvalue weighted by Crippen LogP contribution is -2.46. The smallest absolute Gasteiger partial charge is 0.415 e. The van der Waals surface area contributed by atoms with Crippen molar-refractivity contribution in [1.82, 2.24) is 9.88 Å². The molecular weight excluding hydrogens is 485 g/mol. The van der Waals surface area contributed by atoms with Gasteiger partial charge in [-0.25, -0.2) is 19.0 Å². The summed E-state index contributed by atoms with van der Waals surface area (Å²) < 4.78 is 19.3. The van der Waals surface area contributed by atoms with Gasteiger partial charge in [-0.05, 0) is 53.1 Å².